The van der Waals surface area contributed by atoms with Crippen LogP contribution in [0.5, 0.6) is 0 Å². The van der Waals surface area contributed by atoms with Crippen molar-refractivity contribution in [3.63, 3.8) is 0 Å². The molecule has 0 bridgehead atoms. The highest BCUT2D eigenvalue weighted by Crippen LogP contribution is 2.44. The van der Waals surface area contributed by atoms with Crippen LogP contribution in [0.25, 0.3) is 17.0 Å². The first-order chi connectivity index (χ1) is 18.5. The summed E-state index contributed by atoms with van der Waals surface area (Å²) in [7, 11) is 0. The van der Waals surface area contributed by atoms with E-state index in [0.29, 0.717) is 20.9 Å². The fourth-order valence-corrected chi connectivity index (χ4v) is 5.65. The Labute approximate surface area is 229 Å². The average molecular weight is 543 g/mol. The lowest BCUT2D eigenvalue weighted by Crippen LogP contribution is -2.36. The molecule has 2 atom stereocenters. The summed E-state index contributed by atoms with van der Waals surface area (Å²) in [6, 6.07) is 22.1. The van der Waals surface area contributed by atoms with Crippen LogP contribution in [0.15, 0.2) is 94.6 Å². The summed E-state index contributed by atoms with van der Waals surface area (Å²) in [5, 5.41) is 8.27. The van der Waals surface area contributed by atoms with E-state index in [1.807, 2.05) is 54.6 Å². The molecule has 1 fully saturated rings. The van der Waals surface area contributed by atoms with Gasteiger partial charge in [0.05, 0.1) is 29.0 Å². The van der Waals surface area contributed by atoms with Gasteiger partial charge in [-0.3, -0.25) is 14.2 Å². The molecule has 0 N–H and O–H groups in total. The molecule has 1 aliphatic heterocycles. The lowest BCUT2D eigenvalue weighted by molar-refractivity contribution is -0.134. The molecule has 2 heterocycles. The van der Waals surface area contributed by atoms with Gasteiger partial charge < -0.3 is 0 Å². The summed E-state index contributed by atoms with van der Waals surface area (Å²) in [5.74, 6) is -0.226. The molecule has 1 saturated carbocycles. The van der Waals surface area contributed by atoms with Crippen LogP contribution in [0.3, 0.4) is 0 Å². The van der Waals surface area contributed by atoms with Crippen molar-refractivity contribution in [1.82, 2.24) is 14.6 Å². The van der Waals surface area contributed by atoms with Crippen molar-refractivity contribution in [2.45, 2.75) is 31.8 Å². The Balaban J connectivity index is 1.38. The van der Waals surface area contributed by atoms with Crippen molar-refractivity contribution in [3.8, 4) is 0 Å². The predicted octanol–water partition coefficient (Wildman–Crippen LogP) is 6.53. The van der Waals surface area contributed by atoms with E-state index < -0.39 is 0 Å². The van der Waals surface area contributed by atoms with E-state index in [2.05, 4.69) is 11.1 Å². The molecule has 1 aromatic heterocycles. The molecule has 3 aromatic carbocycles. The lowest BCUT2D eigenvalue weighted by atomic mass is 9.77. The number of para-hydroxylation sites is 1. The largest absolute Gasteiger partial charge is 0.289 e. The number of allylic oxidation sites excluding steroid dienone is 1. The third-order valence-corrected chi connectivity index (χ3v) is 7.72. The Kier molecular flexibility index (Phi) is 6.60. The fourth-order valence-electron chi connectivity index (χ4n) is 5.40. The van der Waals surface area contributed by atoms with Crippen molar-refractivity contribution in [2.75, 3.05) is 0 Å². The summed E-state index contributed by atoms with van der Waals surface area (Å²) < 4.78 is 1.36. The third-order valence-electron chi connectivity index (χ3n) is 7.22. The molecular formula is C30H24Cl2N4O2. The number of nitrogens with zero attached hydrogens (tertiary/aromatic N) is 4. The first-order valence-corrected chi connectivity index (χ1v) is 13.3. The molecule has 2 aliphatic rings. The van der Waals surface area contributed by atoms with Gasteiger partial charge in [0.25, 0.3) is 11.5 Å². The fraction of sp³-hybridized carbons (Fsp3) is 0.200. The number of hydrogen-bond acceptors (Lipinski definition) is 4. The summed E-state index contributed by atoms with van der Waals surface area (Å²) in [6.07, 6.45) is 6.34. The van der Waals surface area contributed by atoms with E-state index in [4.69, 9.17) is 28.3 Å². The normalized spacial score (nSPS) is 20.0. The highest BCUT2D eigenvalue weighted by molar-refractivity contribution is 6.30. The van der Waals surface area contributed by atoms with Crippen molar-refractivity contribution in [2.24, 2.45) is 11.0 Å². The molecule has 0 radical (unpaired) electrons. The second-order valence-corrected chi connectivity index (χ2v) is 10.5. The van der Waals surface area contributed by atoms with E-state index >= 15 is 0 Å². The second-order valence-electron chi connectivity index (χ2n) is 9.63. The Bertz CT molecular complexity index is 1640. The van der Waals surface area contributed by atoms with Gasteiger partial charge in [0, 0.05) is 16.0 Å². The topological polar surface area (TPSA) is 67.6 Å². The molecule has 190 valence electrons. The Morgan fingerprint density at radius 3 is 2.45 bits per heavy atom. The minimum atomic E-state index is -0.284. The number of aromatic nitrogens is 2. The van der Waals surface area contributed by atoms with Gasteiger partial charge in [0.1, 0.15) is 6.54 Å². The van der Waals surface area contributed by atoms with Gasteiger partial charge in [0.2, 0.25) is 0 Å². The Morgan fingerprint density at radius 1 is 0.974 bits per heavy atom. The first kappa shape index (κ1) is 24.6. The van der Waals surface area contributed by atoms with Gasteiger partial charge in [-0.1, -0.05) is 59.6 Å². The number of fused-ring (bicyclic) bond motifs is 2. The van der Waals surface area contributed by atoms with E-state index in [9.17, 15) is 9.59 Å². The number of carbonyl (C=O) groups is 1. The standard InChI is InChI=1S/C30H24Cl2N4O2/c31-22-12-8-19(9-13-22)16-21-4-3-6-25-28(21)34-36(29(25)20-10-14-23(32)15-11-20)27(37)17-35-18-33-26-7-2-1-5-24(26)30(35)38/h1-2,5,7-16,18,25,29H,3-4,6,17H2/b21-16-/t25-,29+/m1/s1. The highest BCUT2D eigenvalue weighted by Gasteiger charge is 2.43. The highest BCUT2D eigenvalue weighted by atomic mass is 35.5. The zero-order chi connectivity index (χ0) is 26.2. The summed E-state index contributed by atoms with van der Waals surface area (Å²) in [4.78, 5) is 31.2. The van der Waals surface area contributed by atoms with Crippen molar-refractivity contribution in [3.05, 3.63) is 116 Å². The van der Waals surface area contributed by atoms with Crippen LogP contribution in [-0.4, -0.2) is 26.2 Å². The number of halogens is 2. The Hall–Kier alpha value is -3.74. The van der Waals surface area contributed by atoms with Gasteiger partial charge in [-0.15, -0.1) is 0 Å². The molecule has 4 aromatic rings. The molecule has 38 heavy (non-hydrogen) atoms. The quantitative estimate of drug-likeness (QED) is 0.294. The van der Waals surface area contributed by atoms with Crippen LogP contribution >= 0.6 is 23.2 Å². The van der Waals surface area contributed by atoms with Gasteiger partial charge in [0.15, 0.2) is 0 Å². The van der Waals surface area contributed by atoms with Gasteiger partial charge in [-0.05, 0) is 78.4 Å². The number of amides is 1. The zero-order valence-electron chi connectivity index (χ0n) is 20.4. The summed E-state index contributed by atoms with van der Waals surface area (Å²) >= 11 is 12.3. The van der Waals surface area contributed by atoms with Gasteiger partial charge in [-0.2, -0.15) is 5.10 Å². The van der Waals surface area contributed by atoms with E-state index in [1.165, 1.54) is 10.9 Å². The number of carbonyl (C=O) groups excluding carboxylic acids is 1. The van der Waals surface area contributed by atoms with Crippen LogP contribution < -0.4 is 5.56 Å². The first-order valence-electron chi connectivity index (χ1n) is 12.5. The summed E-state index contributed by atoms with van der Waals surface area (Å²) in [6.45, 7) is -0.152. The van der Waals surface area contributed by atoms with Crippen LogP contribution in [0, 0.1) is 5.92 Å². The average Bonchev–Trinajstić information content (AvgIpc) is 3.33. The number of benzene rings is 3. The lowest BCUT2D eigenvalue weighted by Gasteiger charge is -2.29. The number of hydrazone groups is 1. The molecule has 1 aliphatic carbocycles. The van der Waals surface area contributed by atoms with Gasteiger partial charge in [-0.25, -0.2) is 9.99 Å². The molecule has 6 rings (SSSR count). The molecule has 1 amide bonds. The third kappa shape index (κ3) is 4.66. The smallest absolute Gasteiger partial charge is 0.263 e. The Morgan fingerprint density at radius 2 is 1.68 bits per heavy atom. The maximum absolute atomic E-state index is 13.8. The molecule has 0 unspecified atom stereocenters. The maximum atomic E-state index is 13.8. The van der Waals surface area contributed by atoms with Crippen LogP contribution in [0.4, 0.5) is 0 Å². The minimum absolute atomic E-state index is 0.0406. The van der Waals surface area contributed by atoms with Crippen molar-refractivity contribution in [1.29, 1.82) is 0 Å². The number of rotatable bonds is 4. The maximum Gasteiger partial charge on any atom is 0.263 e. The summed E-state index contributed by atoms with van der Waals surface area (Å²) in [5.41, 5.74) is 4.38. The van der Waals surface area contributed by atoms with Crippen LogP contribution in [-0.2, 0) is 11.3 Å². The second kappa shape index (κ2) is 10.2. The van der Waals surface area contributed by atoms with E-state index in [1.54, 1.807) is 23.2 Å². The monoisotopic (exact) mass is 542 g/mol. The minimum Gasteiger partial charge on any atom is -0.289 e. The van der Waals surface area contributed by atoms with Crippen molar-refractivity contribution < 1.29 is 4.79 Å². The molecule has 6 nitrogen and oxygen atoms in total. The van der Waals surface area contributed by atoms with Crippen LogP contribution in [0.2, 0.25) is 10.0 Å². The van der Waals surface area contributed by atoms with E-state index in [0.717, 1.165) is 41.7 Å². The molecule has 8 heteroatoms. The van der Waals surface area contributed by atoms with Gasteiger partial charge >= 0.3 is 0 Å². The van der Waals surface area contributed by atoms with E-state index in [-0.39, 0.29) is 30.0 Å². The van der Waals surface area contributed by atoms with Crippen LogP contribution in [0.1, 0.15) is 36.4 Å². The molecule has 0 spiro atoms. The molecular weight excluding hydrogens is 519 g/mol. The SMILES string of the molecule is O=C(Cn1cnc2ccccc2c1=O)N1N=C2/C(=C\c3ccc(Cl)cc3)CCC[C@H]2[C@@H]1c1ccc(Cl)cc1. The zero-order valence-corrected chi connectivity index (χ0v) is 21.9. The number of hydrogen-bond donors (Lipinski definition) is 0. The molecule has 0 saturated heterocycles. The van der Waals surface area contributed by atoms with Crippen molar-refractivity contribution >= 4 is 51.8 Å². The predicted molar refractivity (Wildman–Crippen MR) is 151 cm³/mol.